The Balaban J connectivity index is 1.84. The van der Waals surface area contributed by atoms with Gasteiger partial charge in [-0.15, -0.1) is 0 Å². The zero-order chi connectivity index (χ0) is 17.3. The van der Waals surface area contributed by atoms with Crippen LogP contribution in [0.25, 0.3) is 5.65 Å². The number of aromatic nitrogens is 2. The van der Waals surface area contributed by atoms with Crippen LogP contribution in [0.1, 0.15) is 24.2 Å². The zero-order valence-corrected chi connectivity index (χ0v) is 13.4. The molecule has 0 amide bonds. The number of pyridine rings is 1. The average molecular weight is 329 g/mol. The summed E-state index contributed by atoms with van der Waals surface area (Å²) in [6, 6.07) is 10.6. The number of hydrogen-bond acceptors (Lipinski definition) is 3. The summed E-state index contributed by atoms with van der Waals surface area (Å²) in [5, 5.41) is 0. The fourth-order valence-electron chi connectivity index (χ4n) is 2.60. The normalized spacial score (nSPS) is 12.7. The lowest BCUT2D eigenvalue weighted by molar-refractivity contribution is 0.249. The molecule has 1 atom stereocenters. The number of halogens is 2. The third-order valence-corrected chi connectivity index (χ3v) is 4.12. The Hall–Kier alpha value is -2.60. The Kier molecular flexibility index (Phi) is 4.40. The molecule has 6 heteroatoms. The van der Waals surface area contributed by atoms with Crippen LogP contribution in [0, 0.1) is 11.6 Å². The lowest BCUT2D eigenvalue weighted by Gasteiger charge is -2.24. The van der Waals surface area contributed by atoms with Gasteiger partial charge in [0, 0.05) is 24.8 Å². The van der Waals surface area contributed by atoms with E-state index in [1.165, 1.54) is 16.5 Å². The third-order valence-electron chi connectivity index (χ3n) is 4.12. The Morgan fingerprint density at radius 2 is 1.96 bits per heavy atom. The first-order valence-electron chi connectivity index (χ1n) is 7.58. The molecule has 1 aromatic carbocycles. The summed E-state index contributed by atoms with van der Waals surface area (Å²) >= 11 is 0. The van der Waals surface area contributed by atoms with Crippen LogP contribution in [0.3, 0.4) is 0 Å². The number of fused-ring (bicyclic) bond motifs is 1. The van der Waals surface area contributed by atoms with Crippen LogP contribution in [0.2, 0.25) is 0 Å². The molecule has 0 fully saturated rings. The second kappa shape index (κ2) is 6.49. The minimum absolute atomic E-state index is 0.149. The Labute approximate surface area is 138 Å². The van der Waals surface area contributed by atoms with Gasteiger partial charge in [0.1, 0.15) is 5.65 Å². The first kappa shape index (κ1) is 16.3. The summed E-state index contributed by atoms with van der Waals surface area (Å²) < 4.78 is 27.9. The molecule has 0 saturated carbocycles. The monoisotopic (exact) mass is 329 g/mol. The van der Waals surface area contributed by atoms with Crippen molar-refractivity contribution in [1.29, 1.82) is 0 Å². The van der Waals surface area contributed by atoms with E-state index in [9.17, 15) is 13.6 Å². The van der Waals surface area contributed by atoms with E-state index < -0.39 is 11.6 Å². The van der Waals surface area contributed by atoms with Crippen molar-refractivity contribution in [1.82, 2.24) is 14.3 Å². The maximum atomic E-state index is 13.4. The molecule has 0 radical (unpaired) electrons. The second-order valence-electron chi connectivity index (χ2n) is 5.78. The van der Waals surface area contributed by atoms with Crippen LogP contribution in [-0.2, 0) is 6.54 Å². The van der Waals surface area contributed by atoms with Crippen molar-refractivity contribution < 1.29 is 8.78 Å². The maximum Gasteiger partial charge on any atom is 0.258 e. The van der Waals surface area contributed by atoms with Crippen molar-refractivity contribution in [2.24, 2.45) is 0 Å². The molecule has 0 aliphatic rings. The van der Waals surface area contributed by atoms with Gasteiger partial charge in [0.25, 0.3) is 5.56 Å². The molecule has 0 spiro atoms. The summed E-state index contributed by atoms with van der Waals surface area (Å²) in [6.07, 6.45) is 1.67. The number of benzene rings is 1. The molecule has 124 valence electrons. The molecule has 0 unspecified atom stereocenters. The highest BCUT2D eigenvalue weighted by Crippen LogP contribution is 2.22. The molecule has 4 nitrogen and oxygen atoms in total. The fraction of sp³-hybridized carbons (Fsp3) is 0.222. The van der Waals surface area contributed by atoms with Gasteiger partial charge >= 0.3 is 0 Å². The van der Waals surface area contributed by atoms with Crippen LogP contribution >= 0.6 is 0 Å². The van der Waals surface area contributed by atoms with Gasteiger partial charge in [0.2, 0.25) is 0 Å². The van der Waals surface area contributed by atoms with E-state index in [2.05, 4.69) is 4.98 Å². The predicted molar refractivity (Wildman–Crippen MR) is 87.7 cm³/mol. The maximum absolute atomic E-state index is 13.4. The molecule has 0 bridgehead atoms. The standard InChI is InChI=1S/C18H17F2N3O/c1-12(13-6-7-15(19)16(20)9-13)22(2)11-14-10-18(24)23-8-4-3-5-17(23)21-14/h3-10,12H,11H2,1-2H3/t12-/m0/s1. The molecule has 3 rings (SSSR count). The van der Waals surface area contributed by atoms with E-state index in [-0.39, 0.29) is 11.6 Å². The van der Waals surface area contributed by atoms with Crippen molar-refractivity contribution >= 4 is 5.65 Å². The molecule has 0 aliphatic heterocycles. The molecule has 2 aromatic heterocycles. The van der Waals surface area contributed by atoms with Crippen LogP contribution < -0.4 is 5.56 Å². The van der Waals surface area contributed by atoms with Gasteiger partial charge in [-0.2, -0.15) is 0 Å². The summed E-state index contributed by atoms with van der Waals surface area (Å²) in [7, 11) is 1.85. The van der Waals surface area contributed by atoms with Gasteiger partial charge in [-0.25, -0.2) is 13.8 Å². The summed E-state index contributed by atoms with van der Waals surface area (Å²) in [5.74, 6) is -1.73. The largest absolute Gasteiger partial charge is 0.294 e. The van der Waals surface area contributed by atoms with E-state index in [0.717, 1.165) is 6.07 Å². The van der Waals surface area contributed by atoms with E-state index in [0.29, 0.717) is 23.4 Å². The Morgan fingerprint density at radius 1 is 1.17 bits per heavy atom. The van der Waals surface area contributed by atoms with E-state index in [4.69, 9.17) is 0 Å². The van der Waals surface area contributed by atoms with Crippen molar-refractivity contribution in [3.63, 3.8) is 0 Å². The average Bonchev–Trinajstić information content (AvgIpc) is 2.56. The van der Waals surface area contributed by atoms with Gasteiger partial charge in [-0.1, -0.05) is 12.1 Å². The molecule has 0 saturated heterocycles. The molecule has 2 heterocycles. The minimum Gasteiger partial charge on any atom is -0.294 e. The first-order chi connectivity index (χ1) is 11.5. The SMILES string of the molecule is C[C@@H](c1ccc(F)c(F)c1)N(C)Cc1cc(=O)n2ccccc2n1. The minimum atomic E-state index is -0.866. The number of rotatable bonds is 4. The lowest BCUT2D eigenvalue weighted by atomic mass is 10.1. The van der Waals surface area contributed by atoms with E-state index >= 15 is 0 Å². The van der Waals surface area contributed by atoms with E-state index in [1.807, 2.05) is 24.9 Å². The highest BCUT2D eigenvalue weighted by molar-refractivity contribution is 5.38. The summed E-state index contributed by atoms with van der Waals surface area (Å²) in [6.45, 7) is 2.31. The van der Waals surface area contributed by atoms with Gasteiger partial charge in [0.15, 0.2) is 11.6 Å². The molecule has 3 aromatic rings. The van der Waals surface area contributed by atoms with Gasteiger partial charge in [0.05, 0.1) is 5.69 Å². The first-order valence-corrected chi connectivity index (χ1v) is 7.58. The topological polar surface area (TPSA) is 37.6 Å². The molecule has 0 N–H and O–H groups in total. The third kappa shape index (κ3) is 3.19. The Bertz CT molecular complexity index is 939. The van der Waals surface area contributed by atoms with Crippen LogP contribution in [-0.4, -0.2) is 21.3 Å². The lowest BCUT2D eigenvalue weighted by Crippen LogP contribution is -2.24. The number of nitrogens with zero attached hydrogens (tertiary/aromatic N) is 3. The van der Waals surface area contributed by atoms with Gasteiger partial charge in [-0.3, -0.25) is 14.1 Å². The molecular weight excluding hydrogens is 312 g/mol. The van der Waals surface area contributed by atoms with Crippen LogP contribution in [0.15, 0.2) is 53.5 Å². The highest BCUT2D eigenvalue weighted by Gasteiger charge is 2.15. The van der Waals surface area contributed by atoms with Crippen molar-refractivity contribution in [3.05, 3.63) is 81.9 Å². The summed E-state index contributed by atoms with van der Waals surface area (Å²) in [4.78, 5) is 18.5. The smallest absolute Gasteiger partial charge is 0.258 e. The van der Waals surface area contributed by atoms with Crippen LogP contribution in [0.4, 0.5) is 8.78 Å². The highest BCUT2D eigenvalue weighted by atomic mass is 19.2. The molecular formula is C18H17F2N3O. The zero-order valence-electron chi connectivity index (χ0n) is 13.4. The van der Waals surface area contributed by atoms with Gasteiger partial charge in [-0.05, 0) is 43.8 Å². The Morgan fingerprint density at radius 3 is 2.71 bits per heavy atom. The molecule has 24 heavy (non-hydrogen) atoms. The van der Waals surface area contributed by atoms with Crippen molar-refractivity contribution in [3.8, 4) is 0 Å². The molecule has 0 aliphatic carbocycles. The van der Waals surface area contributed by atoms with Gasteiger partial charge < -0.3 is 0 Å². The fourth-order valence-corrected chi connectivity index (χ4v) is 2.60. The summed E-state index contributed by atoms with van der Waals surface area (Å²) in [5.41, 5.74) is 1.72. The quantitative estimate of drug-likeness (QED) is 0.738. The van der Waals surface area contributed by atoms with Crippen LogP contribution in [0.5, 0.6) is 0 Å². The number of hydrogen-bond donors (Lipinski definition) is 0. The predicted octanol–water partition coefficient (Wildman–Crippen LogP) is 3.17. The van der Waals surface area contributed by atoms with Crippen molar-refractivity contribution in [2.75, 3.05) is 7.05 Å². The second-order valence-corrected chi connectivity index (χ2v) is 5.78. The van der Waals surface area contributed by atoms with Crippen molar-refractivity contribution in [2.45, 2.75) is 19.5 Å². The van der Waals surface area contributed by atoms with E-state index in [1.54, 1.807) is 24.4 Å².